The first kappa shape index (κ1) is 12.0. The topological polar surface area (TPSA) is 66.4 Å². The van der Waals surface area contributed by atoms with E-state index in [1.54, 1.807) is 23.9 Å². The number of nitrogens with one attached hydrogen (secondary N) is 1. The molecule has 2 rings (SSSR count). The molecule has 1 aromatic carbocycles. The second-order valence-corrected chi connectivity index (χ2v) is 5.19. The summed E-state index contributed by atoms with van der Waals surface area (Å²) in [5.74, 6) is -0.000788. The van der Waals surface area contributed by atoms with E-state index in [9.17, 15) is 9.59 Å². The van der Waals surface area contributed by atoms with Crippen molar-refractivity contribution in [1.82, 2.24) is 0 Å². The summed E-state index contributed by atoms with van der Waals surface area (Å²) < 4.78 is 0. The van der Waals surface area contributed by atoms with Crippen LogP contribution in [0.3, 0.4) is 0 Å². The Morgan fingerprint density at radius 1 is 1.41 bits per heavy atom. The molecule has 0 bridgehead atoms. The van der Waals surface area contributed by atoms with Gasteiger partial charge in [-0.25, -0.2) is 4.79 Å². The summed E-state index contributed by atoms with van der Waals surface area (Å²) in [5.41, 5.74) is 0.726. The number of thioether (sulfide) groups is 1. The number of rotatable bonds is 3. The summed E-state index contributed by atoms with van der Waals surface area (Å²) in [6.07, 6.45) is 1.97. The van der Waals surface area contributed by atoms with E-state index in [-0.39, 0.29) is 16.7 Å². The van der Waals surface area contributed by atoms with Crippen molar-refractivity contribution in [1.29, 1.82) is 0 Å². The highest BCUT2D eigenvalue weighted by Crippen LogP contribution is 2.27. The number of carboxylic acid groups (broad SMARTS) is 1. The molecule has 17 heavy (non-hydrogen) atoms. The lowest BCUT2D eigenvalue weighted by molar-refractivity contribution is -0.115. The zero-order valence-electron chi connectivity index (χ0n) is 9.18. The first-order chi connectivity index (χ1) is 8.16. The second-order valence-electron chi connectivity index (χ2n) is 3.88. The van der Waals surface area contributed by atoms with Crippen LogP contribution in [0.25, 0.3) is 0 Å². The number of anilines is 1. The van der Waals surface area contributed by atoms with Crippen molar-refractivity contribution in [3.05, 3.63) is 29.8 Å². The number of aromatic carboxylic acids is 1. The molecule has 5 heteroatoms. The fourth-order valence-electron chi connectivity index (χ4n) is 1.74. The molecule has 1 heterocycles. The Kier molecular flexibility index (Phi) is 3.68. The van der Waals surface area contributed by atoms with Crippen LogP contribution >= 0.6 is 11.8 Å². The van der Waals surface area contributed by atoms with Gasteiger partial charge in [-0.2, -0.15) is 0 Å². The van der Waals surface area contributed by atoms with Crippen LogP contribution in [0.5, 0.6) is 0 Å². The summed E-state index contributed by atoms with van der Waals surface area (Å²) in [6, 6.07) is 6.30. The standard InChI is InChI=1S/C12H13NO3S/c14-11(10-5-2-6-17-10)13-9-4-1-3-8(7-9)12(15)16/h1,3-4,7,10H,2,5-6H2,(H,13,14)(H,15,16). The molecule has 1 amide bonds. The molecular formula is C12H13NO3S. The third kappa shape index (κ3) is 3.00. The maximum atomic E-state index is 11.8. The normalized spacial score (nSPS) is 18.9. The zero-order valence-corrected chi connectivity index (χ0v) is 10.00. The number of carbonyl (C=O) groups excluding carboxylic acids is 1. The summed E-state index contributed by atoms with van der Waals surface area (Å²) in [4.78, 5) is 22.6. The number of hydrogen-bond acceptors (Lipinski definition) is 3. The van der Waals surface area contributed by atoms with Gasteiger partial charge in [-0.1, -0.05) is 6.07 Å². The summed E-state index contributed by atoms with van der Waals surface area (Å²) in [6.45, 7) is 0. The number of carbonyl (C=O) groups is 2. The van der Waals surface area contributed by atoms with Crippen LogP contribution in [-0.2, 0) is 4.79 Å². The Morgan fingerprint density at radius 3 is 2.88 bits per heavy atom. The van der Waals surface area contributed by atoms with E-state index in [2.05, 4.69) is 5.32 Å². The molecule has 1 atom stereocenters. The molecule has 0 aliphatic carbocycles. The van der Waals surface area contributed by atoms with Gasteiger partial charge in [0.1, 0.15) is 0 Å². The first-order valence-electron chi connectivity index (χ1n) is 5.42. The van der Waals surface area contributed by atoms with Crippen molar-refractivity contribution in [2.45, 2.75) is 18.1 Å². The van der Waals surface area contributed by atoms with Gasteiger partial charge in [-0.3, -0.25) is 4.79 Å². The molecule has 1 saturated heterocycles. The fourth-order valence-corrected chi connectivity index (χ4v) is 2.90. The van der Waals surface area contributed by atoms with E-state index in [4.69, 9.17) is 5.11 Å². The summed E-state index contributed by atoms with van der Waals surface area (Å²) >= 11 is 1.65. The van der Waals surface area contributed by atoms with Gasteiger partial charge in [-0.05, 0) is 36.8 Å². The van der Waals surface area contributed by atoms with Crippen molar-refractivity contribution >= 4 is 29.3 Å². The van der Waals surface area contributed by atoms with Crippen molar-refractivity contribution in [3.63, 3.8) is 0 Å². The molecule has 0 radical (unpaired) electrons. The molecule has 1 unspecified atom stereocenters. The molecule has 0 spiro atoms. The Morgan fingerprint density at radius 2 is 2.24 bits per heavy atom. The Bertz CT molecular complexity index is 441. The minimum absolute atomic E-state index is 0.00323. The summed E-state index contributed by atoms with van der Waals surface area (Å²) in [7, 11) is 0. The van der Waals surface area contributed by atoms with Crippen molar-refractivity contribution in [2.24, 2.45) is 0 Å². The lowest BCUT2D eigenvalue weighted by Gasteiger charge is -2.10. The quantitative estimate of drug-likeness (QED) is 0.864. The molecule has 1 aliphatic rings. The van der Waals surface area contributed by atoms with Crippen molar-refractivity contribution in [2.75, 3.05) is 11.1 Å². The third-order valence-electron chi connectivity index (χ3n) is 2.60. The van der Waals surface area contributed by atoms with Gasteiger partial charge in [-0.15, -0.1) is 11.8 Å². The highest BCUT2D eigenvalue weighted by Gasteiger charge is 2.23. The Balaban J connectivity index is 2.05. The van der Waals surface area contributed by atoms with Crippen molar-refractivity contribution < 1.29 is 14.7 Å². The molecule has 1 fully saturated rings. The van der Waals surface area contributed by atoms with Gasteiger partial charge in [0.25, 0.3) is 0 Å². The van der Waals surface area contributed by atoms with Crippen LogP contribution in [-0.4, -0.2) is 28.0 Å². The lowest BCUT2D eigenvalue weighted by atomic mass is 10.2. The maximum absolute atomic E-state index is 11.8. The number of hydrogen-bond donors (Lipinski definition) is 2. The largest absolute Gasteiger partial charge is 0.478 e. The Hall–Kier alpha value is -1.49. The van der Waals surface area contributed by atoms with E-state index in [1.165, 1.54) is 12.1 Å². The van der Waals surface area contributed by atoms with Gasteiger partial charge in [0, 0.05) is 5.69 Å². The van der Waals surface area contributed by atoms with Gasteiger partial charge in [0.15, 0.2) is 0 Å². The number of benzene rings is 1. The molecular weight excluding hydrogens is 238 g/mol. The van der Waals surface area contributed by atoms with Gasteiger partial charge >= 0.3 is 5.97 Å². The molecule has 0 aromatic heterocycles. The van der Waals surface area contributed by atoms with E-state index >= 15 is 0 Å². The first-order valence-corrected chi connectivity index (χ1v) is 6.47. The predicted molar refractivity (Wildman–Crippen MR) is 67.5 cm³/mol. The van der Waals surface area contributed by atoms with Crippen LogP contribution in [0.1, 0.15) is 23.2 Å². The maximum Gasteiger partial charge on any atom is 0.335 e. The SMILES string of the molecule is O=C(O)c1cccc(NC(=O)C2CCCS2)c1. The summed E-state index contributed by atoms with van der Waals surface area (Å²) in [5, 5.41) is 11.6. The highest BCUT2D eigenvalue weighted by molar-refractivity contribution is 8.00. The molecule has 0 saturated carbocycles. The van der Waals surface area contributed by atoms with E-state index in [1.807, 2.05) is 0 Å². The molecule has 4 nitrogen and oxygen atoms in total. The van der Waals surface area contributed by atoms with Crippen LogP contribution in [0, 0.1) is 0 Å². The molecule has 1 aromatic rings. The lowest BCUT2D eigenvalue weighted by Crippen LogP contribution is -2.22. The third-order valence-corrected chi connectivity index (χ3v) is 3.98. The minimum Gasteiger partial charge on any atom is -0.478 e. The number of carboxylic acids is 1. The second kappa shape index (κ2) is 5.23. The van der Waals surface area contributed by atoms with Crippen LogP contribution in [0.2, 0.25) is 0 Å². The molecule has 2 N–H and O–H groups in total. The van der Waals surface area contributed by atoms with Gasteiger partial charge in [0.2, 0.25) is 5.91 Å². The van der Waals surface area contributed by atoms with Crippen molar-refractivity contribution in [3.8, 4) is 0 Å². The number of amides is 1. The highest BCUT2D eigenvalue weighted by atomic mass is 32.2. The predicted octanol–water partition coefficient (Wildman–Crippen LogP) is 2.22. The van der Waals surface area contributed by atoms with Crippen LogP contribution in [0.4, 0.5) is 5.69 Å². The average Bonchev–Trinajstić information content (AvgIpc) is 2.82. The van der Waals surface area contributed by atoms with E-state index in [0.29, 0.717) is 5.69 Å². The van der Waals surface area contributed by atoms with Crippen LogP contribution in [0.15, 0.2) is 24.3 Å². The molecule has 90 valence electrons. The smallest absolute Gasteiger partial charge is 0.335 e. The average molecular weight is 251 g/mol. The monoisotopic (exact) mass is 251 g/mol. The van der Waals surface area contributed by atoms with Gasteiger partial charge < -0.3 is 10.4 Å². The van der Waals surface area contributed by atoms with E-state index < -0.39 is 5.97 Å². The fraction of sp³-hybridized carbons (Fsp3) is 0.333. The van der Waals surface area contributed by atoms with E-state index in [0.717, 1.165) is 18.6 Å². The van der Waals surface area contributed by atoms with Gasteiger partial charge in [0.05, 0.1) is 10.8 Å². The molecule has 1 aliphatic heterocycles. The van der Waals surface area contributed by atoms with Crippen LogP contribution < -0.4 is 5.32 Å². The Labute approximate surface area is 103 Å². The minimum atomic E-state index is -0.989. The zero-order chi connectivity index (χ0) is 12.3.